The second-order valence-corrected chi connectivity index (χ2v) is 11.6. The fourth-order valence-electron chi connectivity index (χ4n) is 5.71. The molecule has 0 atom stereocenters. The number of fused-ring (bicyclic) bond motifs is 3. The molecule has 0 unspecified atom stereocenters. The molecule has 0 amide bonds. The SMILES string of the molecule is CC1(C)CC(=O)C2=C(C1)Oc1nc3c(c4cc(C#Cc5ccccc5)cc2c14)C(=O)CC(C)(C)C3. The van der Waals surface area contributed by atoms with E-state index in [0.717, 1.165) is 33.2 Å². The van der Waals surface area contributed by atoms with Gasteiger partial charge in [-0.15, -0.1) is 0 Å². The van der Waals surface area contributed by atoms with Gasteiger partial charge in [-0.3, -0.25) is 9.59 Å². The zero-order valence-corrected chi connectivity index (χ0v) is 20.5. The number of Topliss-reactive ketones (excluding diaryl/α,β-unsaturated/α-hetero) is 2. The average Bonchev–Trinajstić information content (AvgIpc) is 2.75. The molecule has 174 valence electrons. The Hall–Kier alpha value is -3.71. The first-order valence-corrected chi connectivity index (χ1v) is 12.2. The lowest BCUT2D eigenvalue weighted by Crippen LogP contribution is -2.31. The van der Waals surface area contributed by atoms with Crippen LogP contribution < -0.4 is 4.74 Å². The first kappa shape index (κ1) is 21.8. The van der Waals surface area contributed by atoms with Crippen molar-refractivity contribution in [2.75, 3.05) is 0 Å². The molecule has 2 heterocycles. The highest BCUT2D eigenvalue weighted by Gasteiger charge is 2.41. The average molecular weight is 462 g/mol. The Balaban J connectivity index is 1.64. The molecule has 4 heteroatoms. The third-order valence-corrected chi connectivity index (χ3v) is 7.16. The molecule has 0 radical (unpaired) electrons. The van der Waals surface area contributed by atoms with Crippen molar-refractivity contribution in [3.63, 3.8) is 0 Å². The van der Waals surface area contributed by atoms with Crippen molar-refractivity contribution < 1.29 is 14.3 Å². The number of allylic oxidation sites excluding steroid dienone is 2. The van der Waals surface area contributed by atoms with Gasteiger partial charge in [-0.25, -0.2) is 4.98 Å². The molecular weight excluding hydrogens is 434 g/mol. The molecule has 0 fully saturated rings. The third-order valence-electron chi connectivity index (χ3n) is 7.16. The number of carbonyl (C=O) groups excluding carboxylic acids is 2. The Morgan fingerprint density at radius 3 is 2.29 bits per heavy atom. The molecule has 0 N–H and O–H groups in total. The summed E-state index contributed by atoms with van der Waals surface area (Å²) < 4.78 is 6.35. The largest absolute Gasteiger partial charge is 0.442 e. The van der Waals surface area contributed by atoms with Crippen LogP contribution in [0.25, 0.3) is 16.3 Å². The number of ketones is 2. The van der Waals surface area contributed by atoms with Gasteiger partial charge in [0.15, 0.2) is 11.6 Å². The predicted molar refractivity (Wildman–Crippen MR) is 136 cm³/mol. The molecule has 0 spiro atoms. The summed E-state index contributed by atoms with van der Waals surface area (Å²) in [5.41, 5.74) is 4.20. The van der Waals surface area contributed by atoms with Crippen molar-refractivity contribution in [1.29, 1.82) is 0 Å². The molecule has 35 heavy (non-hydrogen) atoms. The van der Waals surface area contributed by atoms with Crippen molar-refractivity contribution in [3.05, 3.63) is 76.2 Å². The summed E-state index contributed by atoms with van der Waals surface area (Å²) in [5.74, 6) is 7.85. The zero-order valence-electron chi connectivity index (χ0n) is 20.5. The van der Waals surface area contributed by atoms with E-state index in [9.17, 15) is 9.59 Å². The minimum absolute atomic E-state index is 0.0709. The predicted octanol–water partition coefficient (Wildman–Crippen LogP) is 6.28. The molecule has 1 aromatic heterocycles. The van der Waals surface area contributed by atoms with Gasteiger partial charge in [-0.05, 0) is 41.5 Å². The van der Waals surface area contributed by atoms with Gasteiger partial charge in [0.2, 0.25) is 5.88 Å². The number of aromatic nitrogens is 1. The van der Waals surface area contributed by atoms with Gasteiger partial charge >= 0.3 is 0 Å². The lowest BCUT2D eigenvalue weighted by molar-refractivity contribution is -0.116. The maximum absolute atomic E-state index is 13.4. The van der Waals surface area contributed by atoms with Gasteiger partial charge in [-0.1, -0.05) is 57.7 Å². The van der Waals surface area contributed by atoms with Crippen LogP contribution in [0.3, 0.4) is 0 Å². The first-order chi connectivity index (χ1) is 16.6. The Labute approximate surface area is 205 Å². The third kappa shape index (κ3) is 3.67. The summed E-state index contributed by atoms with van der Waals surface area (Å²) in [6.45, 7) is 8.38. The minimum Gasteiger partial charge on any atom is -0.442 e. The van der Waals surface area contributed by atoms with Crippen LogP contribution in [0.5, 0.6) is 5.88 Å². The van der Waals surface area contributed by atoms with Gasteiger partial charge in [0.05, 0.1) is 16.7 Å². The number of benzene rings is 2. The summed E-state index contributed by atoms with van der Waals surface area (Å²) in [7, 11) is 0. The zero-order chi connectivity index (χ0) is 24.5. The van der Waals surface area contributed by atoms with Crippen LogP contribution >= 0.6 is 0 Å². The monoisotopic (exact) mass is 461 g/mol. The van der Waals surface area contributed by atoms with E-state index in [1.54, 1.807) is 0 Å². The van der Waals surface area contributed by atoms with Crippen LogP contribution in [0, 0.1) is 22.7 Å². The van der Waals surface area contributed by atoms with E-state index >= 15 is 0 Å². The van der Waals surface area contributed by atoms with E-state index in [2.05, 4.69) is 39.5 Å². The molecular formula is C31H27NO3. The topological polar surface area (TPSA) is 56.3 Å². The van der Waals surface area contributed by atoms with Gasteiger partial charge in [-0.2, -0.15) is 0 Å². The van der Waals surface area contributed by atoms with E-state index in [4.69, 9.17) is 9.72 Å². The molecule has 2 aromatic carbocycles. The fourth-order valence-corrected chi connectivity index (χ4v) is 5.71. The summed E-state index contributed by atoms with van der Waals surface area (Å²) in [4.78, 5) is 31.6. The number of ether oxygens (including phenoxy) is 1. The number of hydrogen-bond donors (Lipinski definition) is 0. The molecule has 0 saturated carbocycles. The van der Waals surface area contributed by atoms with E-state index < -0.39 is 0 Å². The molecule has 3 aromatic rings. The highest BCUT2D eigenvalue weighted by Crippen LogP contribution is 2.49. The quantitative estimate of drug-likeness (QED) is 0.370. The molecule has 6 rings (SSSR count). The molecule has 3 aliphatic rings. The molecule has 0 saturated heterocycles. The normalized spacial score (nSPS) is 19.4. The first-order valence-electron chi connectivity index (χ1n) is 12.2. The van der Waals surface area contributed by atoms with E-state index in [1.165, 1.54) is 0 Å². The van der Waals surface area contributed by atoms with E-state index in [-0.39, 0.29) is 22.4 Å². The Morgan fingerprint density at radius 2 is 1.51 bits per heavy atom. The van der Waals surface area contributed by atoms with E-state index in [0.29, 0.717) is 48.5 Å². The Kier molecular flexibility index (Phi) is 4.60. The minimum atomic E-state index is -0.177. The standard InChI is InChI=1S/C31H27NO3/c1-30(2)14-22-27(23(33)15-30)20-12-19(11-10-18-8-6-5-7-9-18)13-21-26(20)29(32-22)35-25-17-31(3,4)16-24(34)28(21)25/h5-9,12-13H,14-17H2,1-4H3. The highest BCUT2D eigenvalue weighted by molar-refractivity contribution is 6.27. The highest BCUT2D eigenvalue weighted by atomic mass is 16.5. The second-order valence-electron chi connectivity index (χ2n) is 11.6. The second kappa shape index (κ2) is 7.39. The van der Waals surface area contributed by atoms with Gasteiger partial charge < -0.3 is 4.74 Å². The van der Waals surface area contributed by atoms with Crippen LogP contribution in [-0.4, -0.2) is 16.6 Å². The molecule has 4 nitrogen and oxygen atoms in total. The number of hydrogen-bond acceptors (Lipinski definition) is 4. The van der Waals surface area contributed by atoms with Gasteiger partial charge in [0, 0.05) is 46.9 Å². The lowest BCUT2D eigenvalue weighted by atomic mass is 9.72. The molecule has 2 aliphatic carbocycles. The van der Waals surface area contributed by atoms with Crippen LogP contribution in [0.4, 0.5) is 0 Å². The van der Waals surface area contributed by atoms with E-state index in [1.807, 2.05) is 42.5 Å². The van der Waals surface area contributed by atoms with Crippen molar-refractivity contribution in [3.8, 4) is 17.7 Å². The summed E-state index contributed by atoms with van der Waals surface area (Å²) in [6, 6.07) is 13.8. The van der Waals surface area contributed by atoms with Crippen molar-refractivity contribution in [2.45, 2.75) is 53.4 Å². The molecule has 1 aliphatic heterocycles. The van der Waals surface area contributed by atoms with Crippen molar-refractivity contribution in [2.24, 2.45) is 10.8 Å². The number of nitrogens with zero attached hydrogens (tertiary/aromatic N) is 1. The number of rotatable bonds is 0. The number of pyridine rings is 1. The fraction of sp³-hybridized carbons (Fsp3) is 0.323. The lowest BCUT2D eigenvalue weighted by Gasteiger charge is -2.36. The van der Waals surface area contributed by atoms with Crippen LogP contribution in [-0.2, 0) is 11.2 Å². The Morgan fingerprint density at radius 1 is 0.829 bits per heavy atom. The summed E-state index contributed by atoms with van der Waals surface area (Å²) in [6.07, 6.45) is 2.29. The number of carbonyl (C=O) groups is 2. The van der Waals surface area contributed by atoms with Crippen molar-refractivity contribution >= 4 is 27.9 Å². The van der Waals surface area contributed by atoms with Gasteiger partial charge in [0.25, 0.3) is 0 Å². The van der Waals surface area contributed by atoms with Crippen LogP contribution in [0.2, 0.25) is 0 Å². The summed E-state index contributed by atoms with van der Waals surface area (Å²) in [5, 5.41) is 1.55. The van der Waals surface area contributed by atoms with Crippen molar-refractivity contribution in [1.82, 2.24) is 4.98 Å². The molecule has 0 bridgehead atoms. The smallest absolute Gasteiger partial charge is 0.227 e. The van der Waals surface area contributed by atoms with Gasteiger partial charge in [0.1, 0.15) is 5.76 Å². The maximum atomic E-state index is 13.4. The van der Waals surface area contributed by atoms with Crippen LogP contribution in [0.15, 0.2) is 48.2 Å². The maximum Gasteiger partial charge on any atom is 0.227 e. The Bertz CT molecular complexity index is 1550. The summed E-state index contributed by atoms with van der Waals surface area (Å²) >= 11 is 0. The van der Waals surface area contributed by atoms with Crippen LogP contribution in [0.1, 0.15) is 79.7 Å².